The fourth-order valence-electron chi connectivity index (χ4n) is 4.07. The zero-order chi connectivity index (χ0) is 27.7. The molecule has 0 spiro atoms. The summed E-state index contributed by atoms with van der Waals surface area (Å²) in [5, 5.41) is 0. The van der Waals surface area contributed by atoms with Gasteiger partial charge in [-0.05, 0) is 69.2 Å². The number of hydrogen-bond donors (Lipinski definition) is 0. The Hall–Kier alpha value is -4.07. The second kappa shape index (κ2) is 12.9. The maximum absolute atomic E-state index is 13.0. The molecule has 1 unspecified atom stereocenters. The van der Waals surface area contributed by atoms with Gasteiger partial charge in [-0.1, -0.05) is 30.3 Å². The molecule has 0 N–H and O–H groups in total. The van der Waals surface area contributed by atoms with Gasteiger partial charge in [0, 0.05) is 24.8 Å². The summed E-state index contributed by atoms with van der Waals surface area (Å²) in [5.41, 5.74) is 2.26. The van der Waals surface area contributed by atoms with E-state index >= 15 is 0 Å². The summed E-state index contributed by atoms with van der Waals surface area (Å²) in [6.45, 7) is 8.31. The number of aromatic nitrogens is 1. The average molecular weight is 520 g/mol. The van der Waals surface area contributed by atoms with Crippen molar-refractivity contribution in [3.05, 3.63) is 83.6 Å². The highest BCUT2D eigenvalue weighted by molar-refractivity contribution is 5.73. The third kappa shape index (κ3) is 7.71. The molecule has 0 radical (unpaired) electrons. The normalized spacial score (nSPS) is 11.8. The van der Waals surface area contributed by atoms with E-state index in [1.807, 2.05) is 67.6 Å². The van der Waals surface area contributed by atoms with Crippen LogP contribution in [-0.2, 0) is 22.6 Å². The fraction of sp³-hybridized carbons (Fsp3) is 0.367. The summed E-state index contributed by atoms with van der Waals surface area (Å²) >= 11 is 0. The number of benzene rings is 2. The molecule has 202 valence electrons. The molecule has 1 heterocycles. The van der Waals surface area contributed by atoms with Gasteiger partial charge in [0.2, 0.25) is 0 Å². The molecule has 3 rings (SSSR count). The third-order valence-electron chi connectivity index (χ3n) is 6.00. The van der Waals surface area contributed by atoms with Crippen LogP contribution < -0.4 is 14.4 Å². The maximum atomic E-state index is 13.0. The molecule has 0 aliphatic rings. The molecule has 0 bridgehead atoms. The van der Waals surface area contributed by atoms with E-state index in [0.717, 1.165) is 28.2 Å². The van der Waals surface area contributed by atoms with Gasteiger partial charge in [-0.15, -0.1) is 0 Å². The zero-order valence-electron chi connectivity index (χ0n) is 23.0. The molecule has 0 aliphatic carbocycles. The van der Waals surface area contributed by atoms with E-state index < -0.39 is 17.7 Å². The van der Waals surface area contributed by atoms with Crippen molar-refractivity contribution < 1.29 is 23.8 Å². The minimum atomic E-state index is -0.690. The number of ether oxygens (including phenoxy) is 3. The van der Waals surface area contributed by atoms with E-state index in [1.54, 1.807) is 41.2 Å². The van der Waals surface area contributed by atoms with Crippen LogP contribution in [0.25, 0.3) is 0 Å². The largest absolute Gasteiger partial charge is 0.497 e. The Labute approximate surface area is 225 Å². The van der Waals surface area contributed by atoms with Gasteiger partial charge in [0.1, 0.15) is 29.2 Å². The minimum Gasteiger partial charge on any atom is -0.497 e. The Balaban J connectivity index is 2.01. The summed E-state index contributed by atoms with van der Waals surface area (Å²) in [7, 11) is 3.28. The van der Waals surface area contributed by atoms with Crippen molar-refractivity contribution in [3.63, 3.8) is 0 Å². The standard InChI is InChI=1S/C30H37N3O5/c1-22(33(18-19-34)29(35)38-30(2,3)4)27-8-7-17-31-28(27)32(20-23-9-13-25(36-5)14-10-23)21-24-11-15-26(37-6)16-12-24/h7-17,19,22H,18,20-21H2,1-6H3. The number of amides is 1. The van der Waals surface area contributed by atoms with E-state index in [-0.39, 0.29) is 6.54 Å². The van der Waals surface area contributed by atoms with Crippen LogP contribution in [-0.4, -0.2) is 48.6 Å². The SMILES string of the molecule is COc1ccc(CN(Cc2ccc(OC)cc2)c2ncccc2C(C)N(CC=O)C(=O)OC(C)(C)C)cc1. The Kier molecular flexibility index (Phi) is 9.71. The number of carbonyl (C=O) groups is 2. The highest BCUT2D eigenvalue weighted by Gasteiger charge is 2.29. The van der Waals surface area contributed by atoms with Crippen molar-refractivity contribution in [2.24, 2.45) is 0 Å². The summed E-state index contributed by atoms with van der Waals surface area (Å²) in [5.74, 6) is 2.28. The Morgan fingerprint density at radius 1 is 0.921 bits per heavy atom. The molecule has 8 nitrogen and oxygen atoms in total. The second-order valence-corrected chi connectivity index (χ2v) is 9.94. The fourth-order valence-corrected chi connectivity index (χ4v) is 4.07. The van der Waals surface area contributed by atoms with Gasteiger partial charge in [0.15, 0.2) is 0 Å². The number of aldehydes is 1. The summed E-state index contributed by atoms with van der Waals surface area (Å²) in [6.07, 6.45) is 1.89. The molecule has 0 aliphatic heterocycles. The van der Waals surface area contributed by atoms with E-state index in [1.165, 1.54) is 4.90 Å². The first-order valence-corrected chi connectivity index (χ1v) is 12.5. The lowest BCUT2D eigenvalue weighted by Gasteiger charge is -2.33. The quantitative estimate of drug-likeness (QED) is 0.296. The lowest BCUT2D eigenvalue weighted by molar-refractivity contribution is -0.109. The van der Waals surface area contributed by atoms with Crippen LogP contribution in [0, 0.1) is 0 Å². The van der Waals surface area contributed by atoms with Crippen LogP contribution in [0.1, 0.15) is 50.4 Å². The topological polar surface area (TPSA) is 81.2 Å². The third-order valence-corrected chi connectivity index (χ3v) is 6.00. The van der Waals surface area contributed by atoms with E-state index in [0.29, 0.717) is 25.2 Å². The summed E-state index contributed by atoms with van der Waals surface area (Å²) in [4.78, 5) is 32.9. The molecule has 2 aromatic carbocycles. The molecule has 8 heteroatoms. The van der Waals surface area contributed by atoms with E-state index in [4.69, 9.17) is 19.2 Å². The number of hydrogen-bond acceptors (Lipinski definition) is 7. The van der Waals surface area contributed by atoms with Crippen molar-refractivity contribution in [1.29, 1.82) is 0 Å². The number of carbonyl (C=O) groups excluding carboxylic acids is 2. The molecule has 1 amide bonds. The van der Waals surface area contributed by atoms with Gasteiger partial charge in [0.05, 0.1) is 26.8 Å². The lowest BCUT2D eigenvalue weighted by atomic mass is 10.1. The molecule has 1 atom stereocenters. The average Bonchev–Trinajstić information content (AvgIpc) is 2.90. The number of anilines is 1. The van der Waals surface area contributed by atoms with Crippen molar-refractivity contribution in [2.45, 2.75) is 52.4 Å². The van der Waals surface area contributed by atoms with E-state index in [2.05, 4.69) is 4.90 Å². The summed E-state index contributed by atoms with van der Waals surface area (Å²) in [6, 6.07) is 19.1. The van der Waals surface area contributed by atoms with Crippen LogP contribution in [0.5, 0.6) is 11.5 Å². The zero-order valence-corrected chi connectivity index (χ0v) is 23.0. The molecule has 0 fully saturated rings. The van der Waals surface area contributed by atoms with Crippen molar-refractivity contribution in [3.8, 4) is 11.5 Å². The molecular formula is C30H37N3O5. The molecule has 38 heavy (non-hydrogen) atoms. The van der Waals surface area contributed by atoms with Crippen LogP contribution >= 0.6 is 0 Å². The Morgan fingerprint density at radius 3 is 1.89 bits per heavy atom. The van der Waals surface area contributed by atoms with Crippen LogP contribution in [0.15, 0.2) is 66.9 Å². The molecule has 0 saturated carbocycles. The Bertz CT molecular complexity index is 1140. The van der Waals surface area contributed by atoms with Crippen LogP contribution in [0.3, 0.4) is 0 Å². The van der Waals surface area contributed by atoms with E-state index in [9.17, 15) is 9.59 Å². The smallest absolute Gasteiger partial charge is 0.411 e. The maximum Gasteiger partial charge on any atom is 0.411 e. The summed E-state index contributed by atoms with van der Waals surface area (Å²) < 4.78 is 16.2. The van der Waals surface area contributed by atoms with Gasteiger partial charge >= 0.3 is 6.09 Å². The predicted molar refractivity (Wildman–Crippen MR) is 148 cm³/mol. The van der Waals surface area contributed by atoms with Crippen LogP contribution in [0.2, 0.25) is 0 Å². The number of pyridine rings is 1. The van der Waals surface area contributed by atoms with Crippen LogP contribution in [0.4, 0.5) is 10.6 Å². The number of nitrogens with zero attached hydrogens (tertiary/aromatic N) is 3. The van der Waals surface area contributed by atoms with Gasteiger partial charge in [-0.3, -0.25) is 4.90 Å². The molecule has 0 saturated heterocycles. The minimum absolute atomic E-state index is 0.0959. The molecular weight excluding hydrogens is 482 g/mol. The first-order chi connectivity index (χ1) is 18.1. The monoisotopic (exact) mass is 519 g/mol. The second-order valence-electron chi connectivity index (χ2n) is 9.94. The number of rotatable bonds is 11. The Morgan fingerprint density at radius 2 is 1.45 bits per heavy atom. The first kappa shape index (κ1) is 28.5. The first-order valence-electron chi connectivity index (χ1n) is 12.5. The van der Waals surface area contributed by atoms with Gasteiger partial charge in [-0.25, -0.2) is 9.78 Å². The highest BCUT2D eigenvalue weighted by Crippen LogP contribution is 2.31. The van der Waals surface area contributed by atoms with Gasteiger partial charge < -0.3 is 23.9 Å². The van der Waals surface area contributed by atoms with Crippen molar-refractivity contribution in [2.75, 3.05) is 25.7 Å². The number of methoxy groups -OCH3 is 2. The molecule has 1 aromatic heterocycles. The molecule has 3 aromatic rings. The predicted octanol–water partition coefficient (Wildman–Crippen LogP) is 5.80. The van der Waals surface area contributed by atoms with Crippen molar-refractivity contribution >= 4 is 18.2 Å². The van der Waals surface area contributed by atoms with Crippen molar-refractivity contribution in [1.82, 2.24) is 9.88 Å². The van der Waals surface area contributed by atoms with Gasteiger partial charge in [0.25, 0.3) is 0 Å². The lowest BCUT2D eigenvalue weighted by Crippen LogP contribution is -2.40. The highest BCUT2D eigenvalue weighted by atomic mass is 16.6. The van der Waals surface area contributed by atoms with Gasteiger partial charge in [-0.2, -0.15) is 0 Å².